The average molecular weight is 600 g/mol. The van der Waals surface area contributed by atoms with E-state index in [0.717, 1.165) is 38.5 Å². The predicted octanol–water partition coefficient (Wildman–Crippen LogP) is 5.21. The van der Waals surface area contributed by atoms with Crippen molar-refractivity contribution in [2.24, 2.45) is 18.7 Å². The Labute approximate surface area is 240 Å². The van der Waals surface area contributed by atoms with Crippen molar-refractivity contribution in [3.05, 3.63) is 52.7 Å². The third-order valence-corrected chi connectivity index (χ3v) is 7.62. The molecule has 0 bridgehead atoms. The van der Waals surface area contributed by atoms with Crippen LogP contribution in [0.3, 0.4) is 0 Å². The number of hydrogen-bond acceptors (Lipinski definition) is 5. The Morgan fingerprint density at radius 1 is 1.12 bits per heavy atom. The Morgan fingerprint density at radius 3 is 2.45 bits per heavy atom. The van der Waals surface area contributed by atoms with E-state index in [0.29, 0.717) is 18.2 Å². The largest absolute Gasteiger partial charge is 0.435 e. The maximum Gasteiger partial charge on any atom is 0.435 e. The molecule has 0 aliphatic heterocycles. The summed E-state index contributed by atoms with van der Waals surface area (Å²) in [7, 11) is 1.46. The van der Waals surface area contributed by atoms with Crippen LogP contribution in [0.1, 0.15) is 71.2 Å². The zero-order valence-corrected chi connectivity index (χ0v) is 23.2. The van der Waals surface area contributed by atoms with Crippen molar-refractivity contribution in [3.63, 3.8) is 0 Å². The Bertz CT molecular complexity index is 1390. The fourth-order valence-corrected chi connectivity index (χ4v) is 5.14. The van der Waals surface area contributed by atoms with Crippen LogP contribution in [0.15, 0.2) is 30.6 Å². The van der Waals surface area contributed by atoms with Crippen LogP contribution >= 0.6 is 24.0 Å². The van der Waals surface area contributed by atoms with Gasteiger partial charge in [-0.3, -0.25) is 14.3 Å². The SMILES string of the molecule is Cl.Cn1c(-c2cn(C3CC3)nc2C(F)(F)F)cnc1C(=O)Nc1ccc(C(=O)NCC2CCC(N)CC2)c(Cl)c1. The van der Waals surface area contributed by atoms with E-state index in [4.69, 9.17) is 17.3 Å². The number of amides is 2. The number of nitrogens with two attached hydrogens (primary N) is 1. The van der Waals surface area contributed by atoms with Gasteiger partial charge in [0.1, 0.15) is 0 Å². The summed E-state index contributed by atoms with van der Waals surface area (Å²) >= 11 is 6.34. The number of nitrogens with one attached hydrogen (secondary N) is 2. The molecule has 1 aromatic carbocycles. The van der Waals surface area contributed by atoms with Gasteiger partial charge in [0.05, 0.1) is 34.1 Å². The summed E-state index contributed by atoms with van der Waals surface area (Å²) in [4.78, 5) is 29.7. The molecule has 2 aliphatic carbocycles. The Morgan fingerprint density at radius 2 is 1.82 bits per heavy atom. The van der Waals surface area contributed by atoms with Crippen LogP contribution in [0.25, 0.3) is 11.3 Å². The van der Waals surface area contributed by atoms with Crippen molar-refractivity contribution >= 4 is 41.5 Å². The average Bonchev–Trinajstić information content (AvgIpc) is 3.51. The number of nitrogens with zero attached hydrogens (tertiary/aromatic N) is 4. The van der Waals surface area contributed by atoms with Gasteiger partial charge in [-0.25, -0.2) is 4.98 Å². The molecule has 40 heavy (non-hydrogen) atoms. The van der Waals surface area contributed by atoms with Crippen molar-refractivity contribution < 1.29 is 22.8 Å². The van der Waals surface area contributed by atoms with Gasteiger partial charge in [0.2, 0.25) is 0 Å². The molecule has 14 heteroatoms. The molecule has 0 unspecified atom stereocenters. The smallest absolute Gasteiger partial charge is 0.352 e. The molecule has 5 rings (SSSR count). The number of carbonyl (C=O) groups is 2. The first-order chi connectivity index (χ1) is 18.5. The van der Waals surface area contributed by atoms with Gasteiger partial charge in [0.25, 0.3) is 11.8 Å². The summed E-state index contributed by atoms with van der Waals surface area (Å²) < 4.78 is 43.6. The molecule has 2 heterocycles. The van der Waals surface area contributed by atoms with Crippen molar-refractivity contribution in [2.45, 2.75) is 56.8 Å². The van der Waals surface area contributed by atoms with Crippen LogP contribution in [0.2, 0.25) is 5.02 Å². The third kappa shape index (κ3) is 6.45. The van der Waals surface area contributed by atoms with Crippen LogP contribution < -0.4 is 16.4 Å². The molecule has 2 amide bonds. The molecule has 216 valence electrons. The maximum absolute atomic E-state index is 13.7. The van der Waals surface area contributed by atoms with Crippen molar-refractivity contribution in [2.75, 3.05) is 11.9 Å². The lowest BCUT2D eigenvalue weighted by Gasteiger charge is -2.26. The third-order valence-electron chi connectivity index (χ3n) is 7.30. The van der Waals surface area contributed by atoms with Gasteiger partial charge in [-0.15, -0.1) is 12.4 Å². The highest BCUT2D eigenvalue weighted by Gasteiger charge is 2.40. The lowest BCUT2D eigenvalue weighted by molar-refractivity contribution is -0.141. The van der Waals surface area contributed by atoms with Crippen LogP contribution in [0.4, 0.5) is 18.9 Å². The molecular formula is C26H30Cl2F3N7O2. The van der Waals surface area contributed by atoms with E-state index in [9.17, 15) is 22.8 Å². The van der Waals surface area contributed by atoms with E-state index in [1.165, 1.54) is 46.9 Å². The van der Waals surface area contributed by atoms with E-state index in [2.05, 4.69) is 20.7 Å². The summed E-state index contributed by atoms with van der Waals surface area (Å²) in [6.07, 6.45) is 3.29. The quantitative estimate of drug-likeness (QED) is 0.344. The first kappa shape index (κ1) is 29.9. The highest BCUT2D eigenvalue weighted by molar-refractivity contribution is 6.34. The van der Waals surface area contributed by atoms with E-state index in [-0.39, 0.29) is 58.1 Å². The molecular weight excluding hydrogens is 570 g/mol. The fourth-order valence-electron chi connectivity index (χ4n) is 4.87. The van der Waals surface area contributed by atoms with Gasteiger partial charge in [-0.1, -0.05) is 11.6 Å². The van der Waals surface area contributed by atoms with Crippen LogP contribution in [-0.2, 0) is 13.2 Å². The fraction of sp³-hybridized carbons (Fsp3) is 0.462. The maximum atomic E-state index is 13.7. The first-order valence-corrected chi connectivity index (χ1v) is 13.2. The minimum Gasteiger partial charge on any atom is -0.352 e. The molecule has 0 spiro atoms. The number of imidazole rings is 1. The van der Waals surface area contributed by atoms with Crippen molar-refractivity contribution in [3.8, 4) is 11.3 Å². The second kappa shape index (κ2) is 11.8. The minimum absolute atomic E-state index is 0. The molecule has 4 N–H and O–H groups in total. The van der Waals surface area contributed by atoms with E-state index >= 15 is 0 Å². The van der Waals surface area contributed by atoms with Gasteiger partial charge in [-0.2, -0.15) is 18.3 Å². The predicted molar refractivity (Wildman–Crippen MR) is 147 cm³/mol. The van der Waals surface area contributed by atoms with E-state index < -0.39 is 17.8 Å². The van der Waals surface area contributed by atoms with Gasteiger partial charge >= 0.3 is 6.18 Å². The second-order valence-electron chi connectivity index (χ2n) is 10.3. The molecule has 0 saturated heterocycles. The zero-order chi connectivity index (χ0) is 27.9. The normalized spacial score (nSPS) is 19.1. The topological polar surface area (TPSA) is 120 Å². The highest BCUT2D eigenvalue weighted by atomic mass is 35.5. The van der Waals surface area contributed by atoms with Crippen molar-refractivity contribution in [1.29, 1.82) is 0 Å². The molecule has 0 radical (unpaired) electrons. The number of rotatable bonds is 7. The minimum atomic E-state index is -4.66. The lowest BCUT2D eigenvalue weighted by atomic mass is 9.86. The Kier molecular flexibility index (Phi) is 8.81. The number of anilines is 1. The van der Waals surface area contributed by atoms with Crippen LogP contribution in [0.5, 0.6) is 0 Å². The van der Waals surface area contributed by atoms with Gasteiger partial charge in [0, 0.05) is 31.5 Å². The number of carbonyl (C=O) groups excluding carboxylic acids is 2. The number of hydrogen-bond donors (Lipinski definition) is 3. The highest BCUT2D eigenvalue weighted by Crippen LogP contribution is 2.41. The Hall–Kier alpha value is -3.09. The number of halogens is 5. The molecule has 2 saturated carbocycles. The summed E-state index contributed by atoms with van der Waals surface area (Å²) in [5, 5.41) is 9.46. The van der Waals surface area contributed by atoms with Gasteiger partial charge in [-0.05, 0) is 62.6 Å². The summed E-state index contributed by atoms with van der Waals surface area (Å²) in [6, 6.07) is 4.67. The van der Waals surface area contributed by atoms with Crippen molar-refractivity contribution in [1.82, 2.24) is 24.6 Å². The van der Waals surface area contributed by atoms with E-state index in [1.54, 1.807) is 0 Å². The number of aromatic nitrogens is 4. The summed E-state index contributed by atoms with van der Waals surface area (Å²) in [6.45, 7) is 0.539. The molecule has 9 nitrogen and oxygen atoms in total. The first-order valence-electron chi connectivity index (χ1n) is 12.8. The van der Waals surface area contributed by atoms with Gasteiger partial charge in [0.15, 0.2) is 11.5 Å². The standard InChI is InChI=1S/C26H29ClF3N7O2.ClH/c1-36-21(19-13-37(17-7-8-17)35-22(19)26(28,29)30)12-32-23(36)25(39)34-16-6-9-18(20(27)10-16)24(38)33-11-14-2-4-15(31)5-3-14;/h6,9-10,12-15,17H,2-5,7-8,11,31H2,1H3,(H,33,38)(H,34,39);1H. The van der Waals surface area contributed by atoms with Crippen LogP contribution in [-0.4, -0.2) is 43.7 Å². The van der Waals surface area contributed by atoms with E-state index in [1.807, 2.05) is 0 Å². The zero-order valence-electron chi connectivity index (χ0n) is 21.7. The molecule has 2 aromatic heterocycles. The Balaban J connectivity index is 0.00000370. The monoisotopic (exact) mass is 599 g/mol. The molecule has 2 aliphatic rings. The number of benzene rings is 1. The molecule has 0 atom stereocenters. The number of alkyl halides is 3. The molecule has 3 aromatic rings. The summed E-state index contributed by atoms with van der Waals surface area (Å²) in [5.41, 5.74) is 5.48. The van der Waals surface area contributed by atoms with Gasteiger partial charge < -0.3 is 20.9 Å². The second-order valence-corrected chi connectivity index (χ2v) is 10.7. The lowest BCUT2D eigenvalue weighted by Crippen LogP contribution is -2.34. The van der Waals surface area contributed by atoms with Crippen LogP contribution in [0, 0.1) is 5.92 Å². The molecule has 2 fully saturated rings. The summed E-state index contributed by atoms with van der Waals surface area (Å²) in [5.74, 6) is -0.671.